The molecule has 0 bridgehead atoms. The van der Waals surface area contributed by atoms with Gasteiger partial charge < -0.3 is 9.47 Å². The molecule has 80 heavy (non-hydrogen) atoms. The van der Waals surface area contributed by atoms with Crippen LogP contribution in [0.25, 0.3) is 72.0 Å². The Hall–Kier alpha value is -8.81. The van der Waals surface area contributed by atoms with Crippen LogP contribution in [0.15, 0.2) is 216 Å². The van der Waals surface area contributed by atoms with Crippen molar-refractivity contribution in [3.05, 3.63) is 234 Å². The van der Waals surface area contributed by atoms with E-state index < -0.39 is 0 Å². The van der Waals surface area contributed by atoms with E-state index in [1.807, 2.05) is 42.1 Å². The van der Waals surface area contributed by atoms with Crippen LogP contribution >= 0.6 is 11.8 Å². The fraction of sp³-hybridized carbons (Fsp3) is 0.162. The molecular weight excluding hydrogens is 988 g/mol. The zero-order valence-electron chi connectivity index (χ0n) is 46.9. The number of benzene rings is 10. The van der Waals surface area contributed by atoms with Crippen LogP contribution in [0.5, 0.6) is 0 Å². The van der Waals surface area contributed by atoms with Gasteiger partial charge in [-0.1, -0.05) is 213 Å². The first-order chi connectivity index (χ1) is 38.4. The summed E-state index contributed by atoms with van der Waals surface area (Å²) in [6.07, 6.45) is 0. The Morgan fingerprint density at radius 3 is 1.52 bits per heavy atom. The molecule has 0 saturated heterocycles. The predicted molar refractivity (Wildman–Crippen MR) is 338 cm³/mol. The summed E-state index contributed by atoms with van der Waals surface area (Å²) in [5.74, 6) is 0. The number of nitriles is 2. The Kier molecular flexibility index (Phi) is 12.0. The fourth-order valence-electron chi connectivity index (χ4n) is 12.2. The van der Waals surface area contributed by atoms with Crippen molar-refractivity contribution in [1.29, 1.82) is 10.5 Å². The second-order valence-electron chi connectivity index (χ2n) is 24.9. The molecule has 0 fully saturated rings. The van der Waals surface area contributed by atoms with E-state index in [4.69, 9.17) is 0 Å². The lowest BCUT2D eigenvalue weighted by atomic mass is 9.34. The van der Waals surface area contributed by atoms with Gasteiger partial charge in [0.25, 0.3) is 0 Å². The number of hydrogen-bond donors (Lipinski definition) is 0. The van der Waals surface area contributed by atoms with Gasteiger partial charge in [0.2, 0.25) is 6.71 Å². The number of nitrogens with zero attached hydrogens (tertiary/aromatic N) is 4. The van der Waals surface area contributed by atoms with Gasteiger partial charge in [0.05, 0.1) is 40.0 Å². The van der Waals surface area contributed by atoms with Gasteiger partial charge in [-0.25, -0.2) is 0 Å². The molecule has 2 aliphatic rings. The Bertz CT molecular complexity index is 4290. The number of para-hydroxylation sites is 1. The zero-order valence-corrected chi connectivity index (χ0v) is 47.7. The highest BCUT2D eigenvalue weighted by Crippen LogP contribution is 2.51. The number of anilines is 3. The van der Waals surface area contributed by atoms with Gasteiger partial charge in [-0.15, -0.1) is 0 Å². The maximum absolute atomic E-state index is 10.3. The first-order valence-corrected chi connectivity index (χ1v) is 28.6. The van der Waals surface area contributed by atoms with Crippen molar-refractivity contribution in [3.63, 3.8) is 0 Å². The average molecular weight is 1050 g/mol. The summed E-state index contributed by atoms with van der Waals surface area (Å²) in [4.78, 5) is 4.97. The third-order valence-electron chi connectivity index (χ3n) is 16.5. The van der Waals surface area contributed by atoms with Crippen LogP contribution in [0.2, 0.25) is 0 Å². The molecular formula is C74H61BN4S. The molecule has 0 unspecified atom stereocenters. The molecule has 4 nitrogen and oxygen atoms in total. The van der Waals surface area contributed by atoms with Gasteiger partial charge in [0, 0.05) is 48.8 Å². The molecule has 10 aromatic carbocycles. The second-order valence-corrected chi connectivity index (χ2v) is 25.9. The summed E-state index contributed by atoms with van der Waals surface area (Å²) in [6.45, 7) is 20.3. The molecule has 0 spiro atoms. The van der Waals surface area contributed by atoms with E-state index in [0.717, 1.165) is 83.9 Å². The van der Waals surface area contributed by atoms with Crippen molar-refractivity contribution in [1.82, 2.24) is 4.57 Å². The lowest BCUT2D eigenvalue weighted by Gasteiger charge is -2.42. The van der Waals surface area contributed by atoms with E-state index in [-0.39, 0.29) is 23.0 Å². The molecule has 1 aromatic heterocycles. The Morgan fingerprint density at radius 2 is 0.938 bits per heavy atom. The Balaban J connectivity index is 1.16. The van der Waals surface area contributed by atoms with E-state index in [0.29, 0.717) is 11.1 Å². The lowest BCUT2D eigenvalue weighted by Crippen LogP contribution is -2.60. The van der Waals surface area contributed by atoms with Crippen molar-refractivity contribution in [3.8, 4) is 62.3 Å². The van der Waals surface area contributed by atoms with E-state index in [9.17, 15) is 10.5 Å². The molecule has 386 valence electrons. The predicted octanol–water partition coefficient (Wildman–Crippen LogP) is 17.9. The molecule has 0 radical (unpaired) electrons. The lowest BCUT2D eigenvalue weighted by molar-refractivity contribution is 0.590. The molecule has 0 aliphatic carbocycles. The van der Waals surface area contributed by atoms with Crippen LogP contribution in [-0.2, 0) is 16.2 Å². The maximum atomic E-state index is 10.3. The zero-order chi connectivity index (χ0) is 55.4. The standard InChI is InChI=1S/C74H61BN4S/c1-72(2,3)54-28-32-64-60(40-54)61-41-55(73(4,5)6)29-33-65(61)78(64)57-42-67-70-69(43-57)80-68-39-52(53-35-47(45-77)36-56(37-53)74(7,8)9)27-31-63(68)75(70)62-30-26-51(50-23-16-18-46(34-50)44-76)38-66(62)79(67)71-58(48-19-12-10-13-20-48)24-17-25-59(71)49-21-14-11-15-22-49/h10-43H,1-9H3. The molecule has 6 heteroatoms. The molecule has 2 aliphatic heterocycles. The molecule has 3 heterocycles. The minimum absolute atomic E-state index is 0.0480. The van der Waals surface area contributed by atoms with E-state index in [1.54, 1.807) is 0 Å². The van der Waals surface area contributed by atoms with E-state index >= 15 is 0 Å². The monoisotopic (exact) mass is 1050 g/mol. The molecule has 0 saturated carbocycles. The molecule has 0 atom stereocenters. The summed E-state index contributed by atoms with van der Waals surface area (Å²) in [5, 5.41) is 23.0. The topological polar surface area (TPSA) is 55.8 Å². The quantitative estimate of drug-likeness (QED) is 0.156. The Labute approximate surface area is 475 Å². The third kappa shape index (κ3) is 8.62. The third-order valence-corrected chi connectivity index (χ3v) is 17.7. The highest BCUT2D eigenvalue weighted by molar-refractivity contribution is 8.00. The smallest absolute Gasteiger partial charge is 0.249 e. The van der Waals surface area contributed by atoms with Gasteiger partial charge in [-0.05, 0) is 150 Å². The van der Waals surface area contributed by atoms with Crippen molar-refractivity contribution >= 4 is 73.7 Å². The van der Waals surface area contributed by atoms with Gasteiger partial charge in [-0.2, -0.15) is 10.5 Å². The number of aromatic nitrogens is 1. The molecule has 13 rings (SSSR count). The summed E-state index contributed by atoms with van der Waals surface area (Å²) in [6, 6.07) is 80.7. The van der Waals surface area contributed by atoms with Gasteiger partial charge in [0.1, 0.15) is 0 Å². The number of fused-ring (bicyclic) bond motifs is 7. The Morgan fingerprint density at radius 1 is 0.400 bits per heavy atom. The van der Waals surface area contributed by atoms with E-state index in [2.05, 4.69) is 260 Å². The normalized spacial score (nSPS) is 12.9. The molecule has 0 amide bonds. The van der Waals surface area contributed by atoms with Crippen LogP contribution in [0.1, 0.15) is 90.1 Å². The summed E-state index contributed by atoms with van der Waals surface area (Å²) < 4.78 is 2.52. The van der Waals surface area contributed by atoms with Gasteiger partial charge in [0.15, 0.2) is 0 Å². The molecule has 11 aromatic rings. The summed E-state index contributed by atoms with van der Waals surface area (Å²) in [5.41, 5.74) is 23.8. The van der Waals surface area contributed by atoms with Crippen molar-refractivity contribution in [2.24, 2.45) is 0 Å². The summed E-state index contributed by atoms with van der Waals surface area (Å²) >= 11 is 1.85. The minimum Gasteiger partial charge on any atom is -0.310 e. The highest BCUT2D eigenvalue weighted by atomic mass is 32.2. The van der Waals surface area contributed by atoms with Crippen LogP contribution in [-0.4, -0.2) is 11.3 Å². The van der Waals surface area contributed by atoms with Crippen LogP contribution in [0.3, 0.4) is 0 Å². The van der Waals surface area contributed by atoms with Crippen LogP contribution in [0, 0.1) is 22.7 Å². The van der Waals surface area contributed by atoms with E-state index in [1.165, 1.54) is 48.1 Å². The van der Waals surface area contributed by atoms with Crippen molar-refractivity contribution in [2.75, 3.05) is 4.90 Å². The maximum Gasteiger partial charge on any atom is 0.249 e. The highest BCUT2D eigenvalue weighted by Gasteiger charge is 2.43. The first kappa shape index (κ1) is 50.7. The van der Waals surface area contributed by atoms with Crippen molar-refractivity contribution in [2.45, 2.75) is 88.3 Å². The number of hydrogen-bond acceptors (Lipinski definition) is 4. The van der Waals surface area contributed by atoms with Crippen molar-refractivity contribution < 1.29 is 0 Å². The summed E-state index contributed by atoms with van der Waals surface area (Å²) in [7, 11) is 0. The SMILES string of the molecule is CC(C)(C)c1cc(C#N)cc(-c2ccc3c(c2)Sc2cc(-n4c5ccc(C(C)(C)C)cc5c5cc(C(C)(C)C)ccc54)cc4c2B3c2ccc(-c3cccc(C#N)c3)cc2N4c2c(-c3ccccc3)cccc2-c2ccccc2)c1. The first-order valence-electron chi connectivity index (χ1n) is 27.8. The fourth-order valence-corrected chi connectivity index (χ4v) is 13.5. The molecule has 0 N–H and O–H groups in total. The van der Waals surface area contributed by atoms with Gasteiger partial charge in [-0.3, -0.25) is 0 Å². The van der Waals surface area contributed by atoms with Crippen LogP contribution in [0.4, 0.5) is 17.1 Å². The number of rotatable bonds is 6. The average Bonchev–Trinajstić information content (AvgIpc) is 3.84. The minimum atomic E-state index is -0.141. The second kappa shape index (κ2) is 18.9. The van der Waals surface area contributed by atoms with Crippen LogP contribution < -0.4 is 21.3 Å². The largest absolute Gasteiger partial charge is 0.310 e. The van der Waals surface area contributed by atoms with Gasteiger partial charge >= 0.3 is 0 Å².